The van der Waals surface area contributed by atoms with E-state index in [2.05, 4.69) is 0 Å². The topological polar surface area (TPSA) is 57.6 Å². The van der Waals surface area contributed by atoms with E-state index in [1.807, 2.05) is 19.1 Å². The van der Waals surface area contributed by atoms with Crippen LogP contribution in [-0.2, 0) is 9.59 Å². The number of carbonyl (C=O) groups excluding carboxylic acids is 1. The minimum atomic E-state index is -0.819. The predicted octanol–water partition coefficient (Wildman–Crippen LogP) is 2.39. The Morgan fingerprint density at radius 1 is 1.47 bits per heavy atom. The zero-order valence-corrected chi connectivity index (χ0v) is 11.8. The van der Waals surface area contributed by atoms with Crippen molar-refractivity contribution < 1.29 is 14.7 Å². The van der Waals surface area contributed by atoms with Gasteiger partial charge in [-0.2, -0.15) is 0 Å². The van der Waals surface area contributed by atoms with Crippen molar-refractivity contribution in [1.82, 2.24) is 4.90 Å². The van der Waals surface area contributed by atoms with Crippen LogP contribution in [0.1, 0.15) is 23.1 Å². The number of nitrogens with zero attached hydrogens (tertiary/aromatic N) is 1. The molecule has 1 aliphatic heterocycles. The van der Waals surface area contributed by atoms with Crippen LogP contribution in [0.25, 0.3) is 6.08 Å². The quantitative estimate of drug-likeness (QED) is 0.864. The van der Waals surface area contributed by atoms with Crippen molar-refractivity contribution in [3.63, 3.8) is 0 Å². The average Bonchev–Trinajstić information content (AvgIpc) is 2.92. The van der Waals surface area contributed by atoms with Gasteiger partial charge in [0.25, 0.3) is 0 Å². The Bertz CT molecular complexity index is 521. The molecule has 1 aromatic rings. The molecule has 2 atom stereocenters. The summed E-state index contributed by atoms with van der Waals surface area (Å²) in [6.07, 6.45) is 3.86. The fourth-order valence-corrected chi connectivity index (χ4v) is 3.15. The van der Waals surface area contributed by atoms with Crippen molar-refractivity contribution in [1.29, 1.82) is 0 Å². The molecule has 1 amide bonds. The third-order valence-corrected chi connectivity index (χ3v) is 4.47. The van der Waals surface area contributed by atoms with E-state index >= 15 is 0 Å². The number of aryl methyl sites for hydroxylation is 1. The molecule has 0 spiro atoms. The molecule has 0 bridgehead atoms. The monoisotopic (exact) mass is 279 g/mol. The molecule has 5 heteroatoms. The maximum absolute atomic E-state index is 12.1. The molecule has 1 fully saturated rings. The van der Waals surface area contributed by atoms with E-state index in [1.165, 1.54) is 11.0 Å². The first-order valence-corrected chi connectivity index (χ1v) is 7.08. The molecule has 2 heterocycles. The highest BCUT2D eigenvalue weighted by Gasteiger charge is 2.37. The second kappa shape index (κ2) is 5.57. The molecule has 4 nitrogen and oxygen atoms in total. The van der Waals surface area contributed by atoms with Gasteiger partial charge in [0.1, 0.15) is 0 Å². The first kappa shape index (κ1) is 13.8. The number of thiophene rings is 1. The average molecular weight is 279 g/mol. The molecule has 1 aromatic heterocycles. The Labute approximate surface area is 116 Å². The number of aliphatic carboxylic acids is 1. The summed E-state index contributed by atoms with van der Waals surface area (Å²) >= 11 is 1.63. The number of carbonyl (C=O) groups is 2. The largest absolute Gasteiger partial charge is 0.481 e. The zero-order chi connectivity index (χ0) is 14.0. The van der Waals surface area contributed by atoms with Crippen molar-refractivity contribution >= 4 is 29.3 Å². The molecule has 102 valence electrons. The van der Waals surface area contributed by atoms with Crippen molar-refractivity contribution in [2.45, 2.75) is 26.3 Å². The smallest absolute Gasteiger partial charge is 0.308 e. The molecular formula is C14H17NO3S. The van der Waals surface area contributed by atoms with Crippen LogP contribution >= 0.6 is 11.3 Å². The fraction of sp³-hybridized carbons (Fsp3) is 0.429. The highest BCUT2D eigenvalue weighted by molar-refractivity contribution is 7.12. The second-order valence-corrected chi connectivity index (χ2v) is 6.11. The van der Waals surface area contributed by atoms with Crippen molar-refractivity contribution in [3.8, 4) is 0 Å². The van der Waals surface area contributed by atoms with Crippen LogP contribution in [0.15, 0.2) is 18.2 Å². The van der Waals surface area contributed by atoms with Gasteiger partial charge in [-0.15, -0.1) is 11.3 Å². The highest BCUT2D eigenvalue weighted by Crippen LogP contribution is 2.25. The molecule has 1 N–H and O–H groups in total. The lowest BCUT2D eigenvalue weighted by atomic mass is 10.0. The van der Waals surface area contributed by atoms with E-state index in [1.54, 1.807) is 29.2 Å². The van der Waals surface area contributed by atoms with E-state index in [0.29, 0.717) is 13.0 Å². The fourth-order valence-electron chi connectivity index (χ4n) is 2.37. The lowest BCUT2D eigenvalue weighted by molar-refractivity contribution is -0.142. The Balaban J connectivity index is 2.01. The van der Waals surface area contributed by atoms with Gasteiger partial charge in [0.15, 0.2) is 0 Å². The predicted molar refractivity (Wildman–Crippen MR) is 75.0 cm³/mol. The Kier molecular flexibility index (Phi) is 4.04. The first-order valence-electron chi connectivity index (χ1n) is 6.27. The molecule has 2 unspecified atom stereocenters. The maximum Gasteiger partial charge on any atom is 0.308 e. The molecular weight excluding hydrogens is 262 g/mol. The van der Waals surface area contributed by atoms with Gasteiger partial charge < -0.3 is 10.0 Å². The van der Waals surface area contributed by atoms with Crippen molar-refractivity contribution in [2.75, 3.05) is 6.54 Å². The Hall–Kier alpha value is -1.62. The third kappa shape index (κ3) is 3.04. The van der Waals surface area contributed by atoms with E-state index in [0.717, 1.165) is 4.88 Å². The summed E-state index contributed by atoms with van der Waals surface area (Å²) in [4.78, 5) is 26.9. The number of rotatable bonds is 3. The van der Waals surface area contributed by atoms with Crippen LogP contribution in [0.3, 0.4) is 0 Å². The lowest BCUT2D eigenvalue weighted by Gasteiger charge is -2.21. The number of hydrogen-bond acceptors (Lipinski definition) is 3. The van der Waals surface area contributed by atoms with Crippen LogP contribution in [-0.4, -0.2) is 34.5 Å². The first-order chi connectivity index (χ1) is 8.99. The van der Waals surface area contributed by atoms with Gasteiger partial charge >= 0.3 is 5.97 Å². The molecule has 0 saturated carbocycles. The summed E-state index contributed by atoms with van der Waals surface area (Å²) in [5, 5.41) is 9.04. The lowest BCUT2D eigenvalue weighted by Crippen LogP contribution is -2.36. The summed E-state index contributed by atoms with van der Waals surface area (Å²) in [6.45, 7) is 4.33. The molecule has 1 saturated heterocycles. The van der Waals surface area contributed by atoms with Crippen molar-refractivity contribution in [3.05, 3.63) is 28.0 Å². The summed E-state index contributed by atoms with van der Waals surface area (Å²) in [5.41, 5.74) is 0. The molecule has 19 heavy (non-hydrogen) atoms. The van der Waals surface area contributed by atoms with E-state index < -0.39 is 11.9 Å². The molecule has 0 aliphatic carbocycles. The number of likely N-dealkylation sites (tertiary alicyclic amines) is 1. The van der Waals surface area contributed by atoms with Gasteiger partial charge in [-0.25, -0.2) is 0 Å². The van der Waals surface area contributed by atoms with Gasteiger partial charge in [-0.05, 0) is 38.5 Å². The summed E-state index contributed by atoms with van der Waals surface area (Å²) < 4.78 is 0. The summed E-state index contributed by atoms with van der Waals surface area (Å²) in [7, 11) is 0. The summed E-state index contributed by atoms with van der Waals surface area (Å²) in [6, 6.07) is 3.74. The van der Waals surface area contributed by atoms with Gasteiger partial charge in [0, 0.05) is 28.4 Å². The molecule has 2 rings (SSSR count). The normalized spacial score (nSPS) is 23.2. The third-order valence-electron chi connectivity index (χ3n) is 3.51. The number of amides is 1. The van der Waals surface area contributed by atoms with E-state index in [9.17, 15) is 9.59 Å². The van der Waals surface area contributed by atoms with Crippen LogP contribution in [0, 0.1) is 12.8 Å². The van der Waals surface area contributed by atoms with Crippen LogP contribution in [0.4, 0.5) is 0 Å². The SMILES string of the molecule is Cc1ccc(C=CC(=O)N2CCC(C(=O)O)C2C)s1. The van der Waals surface area contributed by atoms with Crippen LogP contribution in [0.5, 0.6) is 0 Å². The second-order valence-electron chi connectivity index (χ2n) is 4.79. The van der Waals surface area contributed by atoms with E-state index in [-0.39, 0.29) is 11.9 Å². The van der Waals surface area contributed by atoms with Gasteiger partial charge in [-0.3, -0.25) is 9.59 Å². The minimum absolute atomic E-state index is 0.109. The number of hydrogen-bond donors (Lipinski definition) is 1. The molecule has 0 radical (unpaired) electrons. The maximum atomic E-state index is 12.1. The van der Waals surface area contributed by atoms with Crippen molar-refractivity contribution in [2.24, 2.45) is 5.92 Å². The van der Waals surface area contributed by atoms with Crippen LogP contribution in [0.2, 0.25) is 0 Å². The van der Waals surface area contributed by atoms with Gasteiger partial charge in [-0.1, -0.05) is 0 Å². The Morgan fingerprint density at radius 3 is 2.74 bits per heavy atom. The standard InChI is InChI=1S/C14H17NO3S/c1-9-3-4-11(19-9)5-6-13(16)15-8-7-12(10(15)2)14(17)18/h3-6,10,12H,7-8H2,1-2H3,(H,17,18). The Morgan fingerprint density at radius 2 is 2.21 bits per heavy atom. The van der Waals surface area contributed by atoms with Crippen LogP contribution < -0.4 is 0 Å². The summed E-state index contributed by atoms with van der Waals surface area (Å²) in [5.74, 6) is -1.37. The molecule has 1 aliphatic rings. The number of carboxylic acid groups (broad SMARTS) is 1. The number of carboxylic acids is 1. The minimum Gasteiger partial charge on any atom is -0.481 e. The zero-order valence-electron chi connectivity index (χ0n) is 11.0. The molecule has 0 aromatic carbocycles. The van der Waals surface area contributed by atoms with Gasteiger partial charge in [0.05, 0.1) is 5.92 Å². The van der Waals surface area contributed by atoms with E-state index in [4.69, 9.17) is 5.11 Å². The highest BCUT2D eigenvalue weighted by atomic mass is 32.1. The van der Waals surface area contributed by atoms with Gasteiger partial charge in [0.2, 0.25) is 5.91 Å².